The molecule has 2 heteroatoms. The molecule has 0 aliphatic carbocycles. The van der Waals surface area contributed by atoms with Gasteiger partial charge in [-0.3, -0.25) is 4.79 Å². The summed E-state index contributed by atoms with van der Waals surface area (Å²) in [4.78, 5) is 15.3. The lowest BCUT2D eigenvalue weighted by Gasteiger charge is -1.90. The molecular formula is C12H7NO. The van der Waals surface area contributed by atoms with Gasteiger partial charge in [0.1, 0.15) is 0 Å². The van der Waals surface area contributed by atoms with E-state index in [1.807, 2.05) is 36.4 Å². The molecule has 2 aromatic carbocycles. The van der Waals surface area contributed by atoms with Crippen LogP contribution in [0, 0.1) is 0 Å². The third kappa shape index (κ3) is 0.852. The summed E-state index contributed by atoms with van der Waals surface area (Å²) >= 11 is 0. The van der Waals surface area contributed by atoms with Crippen LogP contribution in [0.2, 0.25) is 0 Å². The van der Waals surface area contributed by atoms with Crippen LogP contribution < -0.4 is 5.56 Å². The molecule has 14 heavy (non-hydrogen) atoms. The van der Waals surface area contributed by atoms with Gasteiger partial charge in [0, 0.05) is 17.0 Å². The molecule has 0 N–H and O–H groups in total. The second-order valence-electron chi connectivity index (χ2n) is 3.31. The zero-order chi connectivity index (χ0) is 9.54. The first kappa shape index (κ1) is 7.44. The van der Waals surface area contributed by atoms with Crippen LogP contribution in [0.5, 0.6) is 0 Å². The van der Waals surface area contributed by atoms with Crippen molar-refractivity contribution in [2.45, 2.75) is 0 Å². The van der Waals surface area contributed by atoms with Crippen LogP contribution in [0.15, 0.2) is 47.4 Å². The Kier molecular flexibility index (Phi) is 1.34. The number of hydrogen-bond acceptors (Lipinski definition) is 2. The molecule has 0 atom stereocenters. The summed E-state index contributed by atoms with van der Waals surface area (Å²) in [5, 5.41) is 3.85. The molecule has 1 aromatic heterocycles. The highest BCUT2D eigenvalue weighted by atomic mass is 16.1. The zero-order valence-electron chi connectivity index (χ0n) is 7.40. The molecule has 0 saturated carbocycles. The smallest absolute Gasteiger partial charge is 0.267 e. The lowest BCUT2D eigenvalue weighted by molar-refractivity contribution is 1.30. The first-order valence-electron chi connectivity index (χ1n) is 4.46. The predicted octanol–water partition coefficient (Wildman–Crippen LogP) is 2.19. The van der Waals surface area contributed by atoms with Crippen molar-refractivity contribution in [2.75, 3.05) is 0 Å². The molecule has 66 valence electrons. The number of hydrogen-bond donors (Lipinski definition) is 0. The summed E-state index contributed by atoms with van der Waals surface area (Å²) < 4.78 is 0. The molecule has 0 bridgehead atoms. The van der Waals surface area contributed by atoms with E-state index < -0.39 is 0 Å². The average Bonchev–Trinajstić information content (AvgIpc) is 2.51. The van der Waals surface area contributed by atoms with Gasteiger partial charge in [-0.05, 0) is 11.5 Å². The maximum Gasteiger partial charge on any atom is 0.277 e. The Labute approximate surface area is 80.2 Å². The Bertz CT molecular complexity index is 660. The van der Waals surface area contributed by atoms with Crippen LogP contribution >= 0.6 is 0 Å². The largest absolute Gasteiger partial charge is 0.277 e. The Balaban J connectivity index is 2.80. The van der Waals surface area contributed by atoms with Gasteiger partial charge < -0.3 is 0 Å². The zero-order valence-corrected chi connectivity index (χ0v) is 7.40. The van der Waals surface area contributed by atoms with Gasteiger partial charge in [-0.2, -0.15) is 0 Å². The highest BCUT2D eigenvalue weighted by Crippen LogP contribution is 2.23. The van der Waals surface area contributed by atoms with Gasteiger partial charge in [-0.25, -0.2) is 4.98 Å². The van der Waals surface area contributed by atoms with Crippen LogP contribution in [0.25, 0.3) is 21.5 Å². The molecular weight excluding hydrogens is 174 g/mol. The van der Waals surface area contributed by atoms with Crippen LogP contribution in [0.1, 0.15) is 0 Å². The minimum absolute atomic E-state index is 0.140. The molecule has 1 heterocycles. The normalized spacial score (nSPS) is 11.1. The molecule has 3 rings (SSSR count). The van der Waals surface area contributed by atoms with Gasteiger partial charge in [-0.1, -0.05) is 30.3 Å². The van der Waals surface area contributed by atoms with Crippen molar-refractivity contribution in [1.29, 1.82) is 0 Å². The first-order valence-corrected chi connectivity index (χ1v) is 4.46. The van der Waals surface area contributed by atoms with Crippen molar-refractivity contribution in [1.82, 2.24) is 4.98 Å². The first-order chi connectivity index (χ1) is 6.86. The molecule has 0 radical (unpaired) electrons. The summed E-state index contributed by atoms with van der Waals surface area (Å²) in [5.74, 6) is 0. The van der Waals surface area contributed by atoms with E-state index in [2.05, 4.69) is 4.98 Å². The molecule has 0 amide bonds. The second kappa shape index (κ2) is 2.51. The van der Waals surface area contributed by atoms with Crippen LogP contribution in [0.4, 0.5) is 0 Å². The molecule has 3 aromatic rings. The van der Waals surface area contributed by atoms with E-state index in [1.165, 1.54) is 0 Å². The molecule has 0 saturated heterocycles. The number of pyridine rings is 1. The van der Waals surface area contributed by atoms with Gasteiger partial charge >= 0.3 is 0 Å². The molecule has 0 aliphatic rings. The van der Waals surface area contributed by atoms with Gasteiger partial charge in [-0.15, -0.1) is 0 Å². The predicted molar refractivity (Wildman–Crippen MR) is 56.7 cm³/mol. The number of rotatable bonds is 0. The number of aromatic nitrogens is 1. The molecule has 0 spiro atoms. The molecule has 0 fully saturated rings. The summed E-state index contributed by atoms with van der Waals surface area (Å²) in [6, 6.07) is 11.7. The van der Waals surface area contributed by atoms with Crippen molar-refractivity contribution in [3.63, 3.8) is 0 Å². The van der Waals surface area contributed by atoms with Crippen molar-refractivity contribution < 1.29 is 0 Å². The summed E-state index contributed by atoms with van der Waals surface area (Å²) in [5.41, 5.74) is -0.140. The maximum atomic E-state index is 11.4. The summed E-state index contributed by atoms with van der Waals surface area (Å²) in [6.45, 7) is 0. The van der Waals surface area contributed by atoms with Gasteiger partial charge in [0.25, 0.3) is 5.56 Å². The Hall–Kier alpha value is -1.96. The summed E-state index contributed by atoms with van der Waals surface area (Å²) in [7, 11) is 0. The Morgan fingerprint density at radius 3 is 2.57 bits per heavy atom. The third-order valence-electron chi connectivity index (χ3n) is 2.49. The van der Waals surface area contributed by atoms with E-state index in [1.54, 1.807) is 6.20 Å². The second-order valence-corrected chi connectivity index (χ2v) is 3.31. The Morgan fingerprint density at radius 1 is 0.929 bits per heavy atom. The summed E-state index contributed by atoms with van der Waals surface area (Å²) in [6.07, 6.45) is 1.64. The fourth-order valence-electron chi connectivity index (χ4n) is 1.84. The van der Waals surface area contributed by atoms with E-state index in [4.69, 9.17) is 0 Å². The molecule has 2 nitrogen and oxygen atoms in total. The van der Waals surface area contributed by atoms with E-state index in [0.717, 1.165) is 16.2 Å². The van der Waals surface area contributed by atoms with Crippen molar-refractivity contribution >= 4 is 21.5 Å². The SMILES string of the molecule is O=c1ncc2ccccc3ccc1c32. The van der Waals surface area contributed by atoms with Crippen molar-refractivity contribution in [3.8, 4) is 0 Å². The maximum absolute atomic E-state index is 11.4. The monoisotopic (exact) mass is 181 g/mol. The van der Waals surface area contributed by atoms with Gasteiger partial charge in [0.15, 0.2) is 0 Å². The van der Waals surface area contributed by atoms with Gasteiger partial charge in [0.05, 0.1) is 5.39 Å². The van der Waals surface area contributed by atoms with Crippen LogP contribution in [-0.4, -0.2) is 4.98 Å². The molecule has 0 unspecified atom stereocenters. The topological polar surface area (TPSA) is 30.0 Å². The van der Waals surface area contributed by atoms with Gasteiger partial charge in [0.2, 0.25) is 0 Å². The highest BCUT2D eigenvalue weighted by molar-refractivity contribution is 6.10. The van der Waals surface area contributed by atoms with E-state index in [0.29, 0.717) is 5.39 Å². The standard InChI is InChI=1S/C12H7NO/c14-12-10-6-5-8-3-1-2-4-9(7-13-12)11(8)10/h1-7H. The van der Waals surface area contributed by atoms with E-state index in [-0.39, 0.29) is 5.56 Å². The Morgan fingerprint density at radius 2 is 1.71 bits per heavy atom. The quantitative estimate of drug-likeness (QED) is 0.532. The molecule has 0 aliphatic heterocycles. The fraction of sp³-hybridized carbons (Fsp3) is 0. The van der Waals surface area contributed by atoms with E-state index >= 15 is 0 Å². The fourth-order valence-corrected chi connectivity index (χ4v) is 1.84. The van der Waals surface area contributed by atoms with Crippen molar-refractivity contribution in [2.24, 2.45) is 0 Å². The third-order valence-corrected chi connectivity index (χ3v) is 2.49. The minimum Gasteiger partial charge on any atom is -0.267 e. The highest BCUT2D eigenvalue weighted by Gasteiger charge is 2.04. The number of nitrogens with zero attached hydrogens (tertiary/aromatic N) is 1. The van der Waals surface area contributed by atoms with E-state index in [9.17, 15) is 4.79 Å². The average molecular weight is 181 g/mol. The van der Waals surface area contributed by atoms with Crippen LogP contribution in [0.3, 0.4) is 0 Å². The minimum atomic E-state index is -0.140. The lowest BCUT2D eigenvalue weighted by atomic mass is 10.2. The lowest BCUT2D eigenvalue weighted by Crippen LogP contribution is -2.02. The van der Waals surface area contributed by atoms with Crippen molar-refractivity contribution in [3.05, 3.63) is 52.9 Å². The van der Waals surface area contributed by atoms with Crippen LogP contribution in [-0.2, 0) is 0 Å².